The summed E-state index contributed by atoms with van der Waals surface area (Å²) in [4.78, 5) is 11.9. The molecule has 0 aliphatic carbocycles. The maximum Gasteiger partial charge on any atom is 0.401 e. The van der Waals surface area contributed by atoms with Crippen LogP contribution < -0.4 is 5.32 Å². The Morgan fingerprint density at radius 3 is 2.57 bits per heavy atom. The average Bonchev–Trinajstić information content (AvgIpc) is 2.40. The number of carbonyl (C=O) groups is 1. The van der Waals surface area contributed by atoms with E-state index in [4.69, 9.17) is 9.47 Å². The molecule has 1 unspecified atom stereocenters. The summed E-state index contributed by atoms with van der Waals surface area (Å²) in [6.07, 6.45) is -4.42. The average molecular weight is 305 g/mol. The molecule has 1 aromatic rings. The van der Waals surface area contributed by atoms with Crippen molar-refractivity contribution in [1.29, 1.82) is 0 Å². The predicted octanol–water partition coefficient (Wildman–Crippen LogP) is 2.59. The number of carbonyl (C=O) groups excluding carboxylic acids is 1. The van der Waals surface area contributed by atoms with E-state index < -0.39 is 24.7 Å². The Morgan fingerprint density at radius 1 is 1.33 bits per heavy atom. The number of alkyl halides is 3. The van der Waals surface area contributed by atoms with Crippen molar-refractivity contribution in [3.05, 3.63) is 35.4 Å². The van der Waals surface area contributed by atoms with Gasteiger partial charge in [0.2, 0.25) is 0 Å². The van der Waals surface area contributed by atoms with Crippen LogP contribution in [0.25, 0.3) is 0 Å². The smallest absolute Gasteiger partial charge is 0.401 e. The highest BCUT2D eigenvalue weighted by atomic mass is 19.4. The zero-order valence-corrected chi connectivity index (χ0v) is 11.9. The Morgan fingerprint density at radius 2 is 2.00 bits per heavy atom. The van der Waals surface area contributed by atoms with Gasteiger partial charge >= 0.3 is 12.1 Å². The van der Waals surface area contributed by atoms with Crippen LogP contribution in [-0.4, -0.2) is 32.4 Å². The first kappa shape index (κ1) is 17.5. The highest BCUT2D eigenvalue weighted by Gasteiger charge is 2.32. The highest BCUT2D eigenvalue weighted by molar-refractivity contribution is 5.78. The summed E-state index contributed by atoms with van der Waals surface area (Å²) < 4.78 is 47.0. The van der Waals surface area contributed by atoms with Crippen LogP contribution in [0, 0.1) is 0 Å². The number of esters is 1. The fraction of sp³-hybridized carbons (Fsp3) is 0.500. The molecule has 0 amide bonds. The second kappa shape index (κ2) is 7.99. The fourth-order valence-corrected chi connectivity index (χ4v) is 1.87. The number of halogens is 3. The minimum absolute atomic E-state index is 0.0927. The summed E-state index contributed by atoms with van der Waals surface area (Å²) in [6.45, 7) is 0.604. The first-order valence-corrected chi connectivity index (χ1v) is 6.42. The van der Waals surface area contributed by atoms with Crippen LogP contribution in [0.4, 0.5) is 13.2 Å². The maximum absolute atomic E-state index is 12.4. The molecule has 0 radical (unpaired) electrons. The Kier molecular flexibility index (Phi) is 6.64. The molecule has 4 nitrogen and oxygen atoms in total. The monoisotopic (exact) mass is 305 g/mol. The first-order valence-electron chi connectivity index (χ1n) is 6.42. The van der Waals surface area contributed by atoms with Gasteiger partial charge in [-0.15, -0.1) is 0 Å². The third-order valence-electron chi connectivity index (χ3n) is 2.69. The van der Waals surface area contributed by atoms with Gasteiger partial charge in [-0.3, -0.25) is 5.32 Å². The summed E-state index contributed by atoms with van der Waals surface area (Å²) in [5.74, 6) is -0.745. The maximum atomic E-state index is 12.4. The number of hydrogen-bond donors (Lipinski definition) is 1. The largest absolute Gasteiger partial charge is 0.465 e. The third-order valence-corrected chi connectivity index (χ3v) is 2.69. The van der Waals surface area contributed by atoms with Crippen LogP contribution in [-0.2, 0) is 20.9 Å². The van der Waals surface area contributed by atoms with Crippen LogP contribution in [0.15, 0.2) is 24.3 Å². The van der Waals surface area contributed by atoms with Crippen molar-refractivity contribution in [3.63, 3.8) is 0 Å². The molecule has 0 aliphatic rings. The van der Waals surface area contributed by atoms with Gasteiger partial charge in [0.05, 0.1) is 19.8 Å². The summed E-state index contributed by atoms with van der Waals surface area (Å²) in [6, 6.07) is 5.47. The standard InChI is InChI=1S/C14H18F3NO3/c1-3-21-13(19)12(18-9-14(15,16)17)11-7-5-4-6-10(11)8-20-2/h4-7,12,18H,3,8-9H2,1-2H3. The summed E-state index contributed by atoms with van der Waals surface area (Å²) in [5, 5.41) is 2.20. The van der Waals surface area contributed by atoms with Crippen molar-refractivity contribution in [2.75, 3.05) is 20.3 Å². The van der Waals surface area contributed by atoms with Gasteiger partial charge in [0.15, 0.2) is 0 Å². The Labute approximate surface area is 121 Å². The molecular formula is C14H18F3NO3. The molecule has 1 rings (SSSR count). The number of benzene rings is 1. The van der Waals surface area contributed by atoms with E-state index in [0.717, 1.165) is 0 Å². The van der Waals surface area contributed by atoms with E-state index in [0.29, 0.717) is 11.1 Å². The zero-order valence-electron chi connectivity index (χ0n) is 11.9. The molecular weight excluding hydrogens is 287 g/mol. The highest BCUT2D eigenvalue weighted by Crippen LogP contribution is 2.22. The van der Waals surface area contributed by atoms with Gasteiger partial charge in [-0.2, -0.15) is 13.2 Å². The number of methoxy groups -OCH3 is 1. The number of rotatable bonds is 7. The molecule has 0 aliphatic heterocycles. The molecule has 0 aromatic heterocycles. The second-order valence-electron chi connectivity index (χ2n) is 4.31. The van der Waals surface area contributed by atoms with E-state index in [1.54, 1.807) is 31.2 Å². The molecule has 0 spiro atoms. The molecule has 0 bridgehead atoms. The second-order valence-corrected chi connectivity index (χ2v) is 4.31. The van der Waals surface area contributed by atoms with Gasteiger partial charge in [0, 0.05) is 7.11 Å². The van der Waals surface area contributed by atoms with E-state index >= 15 is 0 Å². The van der Waals surface area contributed by atoms with Crippen molar-refractivity contribution in [2.45, 2.75) is 25.7 Å². The minimum atomic E-state index is -4.42. The predicted molar refractivity (Wildman–Crippen MR) is 70.6 cm³/mol. The molecule has 0 saturated carbocycles. The van der Waals surface area contributed by atoms with Crippen LogP contribution in [0.2, 0.25) is 0 Å². The van der Waals surface area contributed by atoms with E-state index in [2.05, 4.69) is 5.32 Å². The fourth-order valence-electron chi connectivity index (χ4n) is 1.87. The van der Waals surface area contributed by atoms with Crippen LogP contribution in [0.5, 0.6) is 0 Å². The van der Waals surface area contributed by atoms with Gasteiger partial charge in [-0.05, 0) is 18.1 Å². The van der Waals surface area contributed by atoms with Gasteiger partial charge in [0.1, 0.15) is 6.04 Å². The molecule has 1 aromatic carbocycles. The van der Waals surface area contributed by atoms with Crippen molar-refractivity contribution in [2.24, 2.45) is 0 Å². The summed E-state index contributed by atoms with van der Waals surface area (Å²) in [5.41, 5.74) is 1.05. The third kappa shape index (κ3) is 5.73. The van der Waals surface area contributed by atoms with Crippen molar-refractivity contribution in [3.8, 4) is 0 Å². The summed E-state index contributed by atoms with van der Waals surface area (Å²) >= 11 is 0. The lowest BCUT2D eigenvalue weighted by molar-refractivity contribution is -0.149. The zero-order chi connectivity index (χ0) is 15.9. The molecule has 118 valence electrons. The molecule has 0 saturated heterocycles. The quantitative estimate of drug-likeness (QED) is 0.787. The Bertz CT molecular complexity index is 463. The van der Waals surface area contributed by atoms with Crippen molar-refractivity contribution in [1.82, 2.24) is 5.32 Å². The molecule has 1 atom stereocenters. The van der Waals surface area contributed by atoms with E-state index in [9.17, 15) is 18.0 Å². The Hall–Kier alpha value is -1.60. The molecule has 0 fully saturated rings. The van der Waals surface area contributed by atoms with Gasteiger partial charge < -0.3 is 9.47 Å². The van der Waals surface area contributed by atoms with Crippen molar-refractivity contribution < 1.29 is 27.4 Å². The lowest BCUT2D eigenvalue weighted by Crippen LogP contribution is -2.37. The van der Waals surface area contributed by atoms with E-state index in [1.165, 1.54) is 7.11 Å². The first-order chi connectivity index (χ1) is 9.89. The van der Waals surface area contributed by atoms with E-state index in [1.807, 2.05) is 0 Å². The number of nitrogens with one attached hydrogen (secondary N) is 1. The van der Waals surface area contributed by atoms with Crippen LogP contribution in [0.1, 0.15) is 24.1 Å². The number of hydrogen-bond acceptors (Lipinski definition) is 4. The number of ether oxygens (including phenoxy) is 2. The minimum Gasteiger partial charge on any atom is -0.465 e. The Balaban J connectivity index is 3.02. The van der Waals surface area contributed by atoms with Gasteiger partial charge in [-0.25, -0.2) is 4.79 Å². The van der Waals surface area contributed by atoms with E-state index in [-0.39, 0.29) is 13.2 Å². The molecule has 1 N–H and O–H groups in total. The lowest BCUT2D eigenvalue weighted by Gasteiger charge is -2.21. The molecule has 0 heterocycles. The van der Waals surface area contributed by atoms with Gasteiger partial charge in [-0.1, -0.05) is 24.3 Å². The lowest BCUT2D eigenvalue weighted by atomic mass is 10.0. The molecule has 21 heavy (non-hydrogen) atoms. The summed E-state index contributed by atoms with van der Waals surface area (Å²) in [7, 11) is 1.47. The SMILES string of the molecule is CCOC(=O)C(NCC(F)(F)F)c1ccccc1COC. The normalized spacial score (nSPS) is 13.0. The molecule has 7 heteroatoms. The van der Waals surface area contributed by atoms with Crippen LogP contribution in [0.3, 0.4) is 0 Å². The topological polar surface area (TPSA) is 47.6 Å². The van der Waals surface area contributed by atoms with Crippen LogP contribution >= 0.6 is 0 Å². The van der Waals surface area contributed by atoms with Crippen molar-refractivity contribution >= 4 is 5.97 Å². The van der Waals surface area contributed by atoms with Gasteiger partial charge in [0.25, 0.3) is 0 Å².